The molecule has 1 saturated heterocycles. The Labute approximate surface area is 170 Å². The lowest BCUT2D eigenvalue weighted by atomic mass is 10.1. The van der Waals surface area contributed by atoms with Crippen LogP contribution in [0.1, 0.15) is 23.4 Å². The predicted octanol–water partition coefficient (Wildman–Crippen LogP) is 2.00. The molecule has 0 saturated carbocycles. The van der Waals surface area contributed by atoms with Crippen molar-refractivity contribution in [2.24, 2.45) is 7.05 Å². The van der Waals surface area contributed by atoms with Crippen LogP contribution in [-0.2, 0) is 27.8 Å². The number of rotatable bonds is 6. The van der Waals surface area contributed by atoms with Crippen LogP contribution in [-0.4, -0.2) is 59.3 Å². The van der Waals surface area contributed by atoms with Gasteiger partial charge in [-0.05, 0) is 50.1 Å². The maximum atomic E-state index is 13.0. The number of esters is 1. The average Bonchev–Trinajstić information content (AvgIpc) is 2.96. The number of amides is 1. The van der Waals surface area contributed by atoms with E-state index in [1.54, 1.807) is 21.7 Å². The number of halogens is 1. The molecule has 1 aliphatic heterocycles. The minimum atomic E-state index is -0.383. The zero-order valence-electron chi connectivity index (χ0n) is 17.2. The minimum Gasteiger partial charge on any atom is -0.456 e. The molecule has 7 nitrogen and oxygen atoms in total. The summed E-state index contributed by atoms with van der Waals surface area (Å²) in [5, 5.41) is 4.34. The number of anilines is 1. The molecule has 1 fully saturated rings. The highest BCUT2D eigenvalue weighted by Crippen LogP contribution is 2.17. The summed E-state index contributed by atoms with van der Waals surface area (Å²) in [6.07, 6.45) is 0.772. The van der Waals surface area contributed by atoms with Crippen molar-refractivity contribution in [3.05, 3.63) is 47.0 Å². The van der Waals surface area contributed by atoms with Crippen LogP contribution in [0.4, 0.5) is 10.1 Å². The fourth-order valence-corrected chi connectivity index (χ4v) is 3.58. The van der Waals surface area contributed by atoms with Crippen LogP contribution < -0.4 is 4.90 Å². The van der Waals surface area contributed by atoms with Crippen LogP contribution >= 0.6 is 0 Å². The molecule has 0 spiro atoms. The maximum Gasteiger partial charge on any atom is 0.306 e. The van der Waals surface area contributed by atoms with E-state index in [0.29, 0.717) is 32.6 Å². The molecular formula is C21H27FN4O3. The predicted molar refractivity (Wildman–Crippen MR) is 107 cm³/mol. The summed E-state index contributed by atoms with van der Waals surface area (Å²) in [7, 11) is 1.87. The first-order valence-electron chi connectivity index (χ1n) is 9.78. The Hall–Kier alpha value is -2.90. The Morgan fingerprint density at radius 2 is 1.76 bits per heavy atom. The molecule has 1 amide bonds. The molecular weight excluding hydrogens is 375 g/mol. The van der Waals surface area contributed by atoms with Gasteiger partial charge in [-0.1, -0.05) is 0 Å². The van der Waals surface area contributed by atoms with Crippen LogP contribution in [0, 0.1) is 19.7 Å². The van der Waals surface area contributed by atoms with Gasteiger partial charge in [-0.25, -0.2) is 4.39 Å². The largest absolute Gasteiger partial charge is 0.456 e. The van der Waals surface area contributed by atoms with Crippen molar-refractivity contribution in [1.29, 1.82) is 0 Å². The summed E-state index contributed by atoms with van der Waals surface area (Å²) in [6, 6.07) is 6.34. The van der Waals surface area contributed by atoms with Gasteiger partial charge in [0.1, 0.15) is 5.82 Å². The smallest absolute Gasteiger partial charge is 0.306 e. The van der Waals surface area contributed by atoms with Gasteiger partial charge in [-0.3, -0.25) is 14.3 Å². The number of hydrogen-bond acceptors (Lipinski definition) is 5. The van der Waals surface area contributed by atoms with Gasteiger partial charge in [0.25, 0.3) is 5.91 Å². The summed E-state index contributed by atoms with van der Waals surface area (Å²) >= 11 is 0. The highest BCUT2D eigenvalue weighted by molar-refractivity contribution is 5.81. The molecule has 29 heavy (non-hydrogen) atoms. The molecule has 0 unspecified atom stereocenters. The number of aromatic nitrogens is 2. The third-order valence-corrected chi connectivity index (χ3v) is 5.42. The molecule has 8 heteroatoms. The second-order valence-electron chi connectivity index (χ2n) is 7.28. The summed E-state index contributed by atoms with van der Waals surface area (Å²) in [4.78, 5) is 28.2. The number of hydrogen-bond donors (Lipinski definition) is 0. The number of carbonyl (C=O) groups is 2. The van der Waals surface area contributed by atoms with E-state index in [0.717, 1.165) is 22.6 Å². The molecule has 0 radical (unpaired) electrons. The van der Waals surface area contributed by atoms with Crippen molar-refractivity contribution in [1.82, 2.24) is 14.7 Å². The summed E-state index contributed by atoms with van der Waals surface area (Å²) in [5.74, 6) is -0.838. The Bertz CT molecular complexity index is 871. The Kier molecular flexibility index (Phi) is 6.51. The van der Waals surface area contributed by atoms with Gasteiger partial charge >= 0.3 is 5.97 Å². The lowest BCUT2D eigenvalue weighted by molar-refractivity contribution is -0.152. The van der Waals surface area contributed by atoms with Gasteiger partial charge < -0.3 is 14.5 Å². The number of ether oxygens (including phenoxy) is 1. The molecule has 156 valence electrons. The van der Waals surface area contributed by atoms with E-state index >= 15 is 0 Å². The van der Waals surface area contributed by atoms with Gasteiger partial charge in [0.05, 0.1) is 5.69 Å². The quantitative estimate of drug-likeness (QED) is 0.692. The molecule has 2 heterocycles. The van der Waals surface area contributed by atoms with Crippen LogP contribution in [0.3, 0.4) is 0 Å². The molecule has 1 aromatic heterocycles. The zero-order chi connectivity index (χ0) is 21.0. The fraction of sp³-hybridized carbons (Fsp3) is 0.476. The highest BCUT2D eigenvalue weighted by atomic mass is 19.1. The fourth-order valence-electron chi connectivity index (χ4n) is 3.58. The molecule has 0 aliphatic carbocycles. The topological polar surface area (TPSA) is 67.7 Å². The Morgan fingerprint density at radius 3 is 2.34 bits per heavy atom. The third-order valence-electron chi connectivity index (χ3n) is 5.42. The van der Waals surface area contributed by atoms with Crippen LogP contribution in [0.2, 0.25) is 0 Å². The third kappa shape index (κ3) is 5.13. The Morgan fingerprint density at radius 1 is 1.10 bits per heavy atom. The normalized spacial score (nSPS) is 14.2. The second-order valence-corrected chi connectivity index (χ2v) is 7.28. The molecule has 1 aromatic carbocycles. The number of aryl methyl sites for hydroxylation is 2. The Balaban J connectivity index is 1.40. The van der Waals surface area contributed by atoms with Crippen molar-refractivity contribution in [2.75, 3.05) is 37.7 Å². The van der Waals surface area contributed by atoms with Gasteiger partial charge in [0.15, 0.2) is 6.61 Å². The van der Waals surface area contributed by atoms with Crippen molar-refractivity contribution in [3.63, 3.8) is 0 Å². The van der Waals surface area contributed by atoms with E-state index in [1.807, 2.05) is 20.9 Å². The van der Waals surface area contributed by atoms with E-state index in [2.05, 4.69) is 10.00 Å². The first-order valence-corrected chi connectivity index (χ1v) is 9.78. The van der Waals surface area contributed by atoms with E-state index in [4.69, 9.17) is 4.74 Å². The maximum absolute atomic E-state index is 13.0. The summed E-state index contributed by atoms with van der Waals surface area (Å²) in [6.45, 7) is 6.05. The van der Waals surface area contributed by atoms with E-state index in [1.165, 1.54) is 12.1 Å². The average molecular weight is 402 g/mol. The van der Waals surface area contributed by atoms with Crippen LogP contribution in [0.5, 0.6) is 0 Å². The molecule has 0 atom stereocenters. The summed E-state index contributed by atoms with van der Waals surface area (Å²) < 4.78 is 20.0. The highest BCUT2D eigenvalue weighted by Gasteiger charge is 2.22. The van der Waals surface area contributed by atoms with Gasteiger partial charge in [0.2, 0.25) is 0 Å². The van der Waals surface area contributed by atoms with Crippen molar-refractivity contribution < 1.29 is 18.7 Å². The van der Waals surface area contributed by atoms with Crippen molar-refractivity contribution in [2.45, 2.75) is 26.7 Å². The number of carbonyl (C=O) groups excluding carboxylic acids is 2. The number of nitrogens with zero attached hydrogens (tertiary/aromatic N) is 4. The van der Waals surface area contributed by atoms with Gasteiger partial charge in [-0.2, -0.15) is 5.10 Å². The molecule has 0 N–H and O–H groups in total. The van der Waals surface area contributed by atoms with Crippen LogP contribution in [0.15, 0.2) is 24.3 Å². The lowest BCUT2D eigenvalue weighted by Crippen LogP contribution is -2.49. The van der Waals surface area contributed by atoms with E-state index in [9.17, 15) is 14.0 Å². The van der Waals surface area contributed by atoms with Gasteiger partial charge in [-0.15, -0.1) is 0 Å². The minimum absolute atomic E-state index is 0.189. The SMILES string of the molecule is Cc1nn(C)c(C)c1CCC(=O)OCC(=O)N1CCN(c2ccc(F)cc2)CC1. The van der Waals surface area contributed by atoms with Gasteiger partial charge in [0, 0.05) is 51.0 Å². The second kappa shape index (κ2) is 9.07. The standard InChI is InChI=1S/C21H27FN4O3/c1-15-19(16(2)24(3)23-15)8-9-21(28)29-14-20(27)26-12-10-25(11-13-26)18-6-4-17(22)5-7-18/h4-7H,8-14H2,1-3H3. The first-order chi connectivity index (χ1) is 13.8. The van der Waals surface area contributed by atoms with E-state index < -0.39 is 0 Å². The first kappa shape index (κ1) is 20.8. The molecule has 2 aromatic rings. The zero-order valence-corrected chi connectivity index (χ0v) is 17.2. The van der Waals surface area contributed by atoms with Crippen molar-refractivity contribution in [3.8, 4) is 0 Å². The molecule has 3 rings (SSSR count). The number of piperazine rings is 1. The summed E-state index contributed by atoms with van der Waals surface area (Å²) in [5.41, 5.74) is 3.93. The molecule has 1 aliphatic rings. The van der Waals surface area contributed by atoms with E-state index in [-0.39, 0.29) is 30.7 Å². The number of benzene rings is 1. The monoisotopic (exact) mass is 402 g/mol. The van der Waals surface area contributed by atoms with Crippen LogP contribution in [0.25, 0.3) is 0 Å². The van der Waals surface area contributed by atoms with Crippen molar-refractivity contribution >= 4 is 17.6 Å². The lowest BCUT2D eigenvalue weighted by Gasteiger charge is -2.36. The molecule has 0 bridgehead atoms.